The lowest BCUT2D eigenvalue weighted by Crippen LogP contribution is -2.30. The van der Waals surface area contributed by atoms with Crippen LogP contribution in [0.3, 0.4) is 0 Å². The molecule has 0 saturated heterocycles. The summed E-state index contributed by atoms with van der Waals surface area (Å²) in [5, 5.41) is 24.8. The minimum Gasteiger partial charge on any atom is -0.496 e. The summed E-state index contributed by atoms with van der Waals surface area (Å²) in [6.45, 7) is 0.0488. The molecule has 1 fully saturated rings. The van der Waals surface area contributed by atoms with Crippen LogP contribution in [0.2, 0.25) is 5.02 Å². The number of anilines is 1. The lowest BCUT2D eigenvalue weighted by atomic mass is 9.80. The molecular formula is C28H26BClN4O7. The number of ether oxygens (including phenoxy) is 2. The molecule has 11 nitrogen and oxygen atoms in total. The lowest BCUT2D eigenvalue weighted by Gasteiger charge is -2.14. The van der Waals surface area contributed by atoms with Crippen molar-refractivity contribution in [3.63, 3.8) is 0 Å². The number of hydrogen-bond acceptors (Lipinski definition) is 8. The summed E-state index contributed by atoms with van der Waals surface area (Å²) in [5.74, 6) is 0.568. The second kappa shape index (κ2) is 12.4. The molecule has 0 unspecified atom stereocenters. The van der Waals surface area contributed by atoms with E-state index in [1.807, 2.05) is 0 Å². The Morgan fingerprint density at radius 1 is 1.05 bits per heavy atom. The van der Waals surface area contributed by atoms with E-state index in [0.29, 0.717) is 44.1 Å². The molecule has 4 aromatic rings. The van der Waals surface area contributed by atoms with Gasteiger partial charge in [-0.3, -0.25) is 14.6 Å². The van der Waals surface area contributed by atoms with E-state index in [0.717, 1.165) is 12.8 Å². The maximum Gasteiger partial charge on any atom is 0.488 e. The van der Waals surface area contributed by atoms with Crippen molar-refractivity contribution < 1.29 is 33.9 Å². The predicted molar refractivity (Wildman–Crippen MR) is 154 cm³/mol. The zero-order valence-electron chi connectivity index (χ0n) is 21.9. The number of rotatable bonds is 10. The van der Waals surface area contributed by atoms with Gasteiger partial charge in [-0.1, -0.05) is 35.9 Å². The van der Waals surface area contributed by atoms with Crippen LogP contribution in [0.4, 0.5) is 10.5 Å². The summed E-state index contributed by atoms with van der Waals surface area (Å²) >= 11 is 6.39. The standard InChI is InChI=1S/C28H26BClN4O7/c1-39-26-14-24-20(13-21(26)27(35)34-40-15-16-2-4-17(5-3-16)29(37)38)25(10-11-31-24)41-19-8-9-23(22(30)12-19)33-28(36)32-18-6-7-18/h2-5,8-14,18,37-38H,6-7,15H2,1H3,(H,34,35)(H2,32,33,36). The summed E-state index contributed by atoms with van der Waals surface area (Å²) in [4.78, 5) is 34.8. The number of halogens is 1. The number of methoxy groups -OCH3 is 1. The second-order valence-corrected chi connectivity index (χ2v) is 9.74. The Balaban J connectivity index is 1.30. The molecule has 0 bridgehead atoms. The maximum absolute atomic E-state index is 13.0. The smallest absolute Gasteiger partial charge is 0.488 e. The fourth-order valence-corrected chi connectivity index (χ4v) is 4.19. The molecule has 13 heteroatoms. The highest BCUT2D eigenvalue weighted by molar-refractivity contribution is 6.58. The Bertz CT molecular complexity index is 1580. The number of hydroxylamine groups is 1. The van der Waals surface area contributed by atoms with Crippen molar-refractivity contribution in [1.82, 2.24) is 15.8 Å². The highest BCUT2D eigenvalue weighted by Gasteiger charge is 2.23. The van der Waals surface area contributed by atoms with E-state index in [9.17, 15) is 19.6 Å². The summed E-state index contributed by atoms with van der Waals surface area (Å²) in [6, 6.07) is 16.1. The van der Waals surface area contributed by atoms with Crippen molar-refractivity contribution in [2.45, 2.75) is 25.5 Å². The first-order valence-corrected chi connectivity index (χ1v) is 13.1. The number of carbonyl (C=O) groups excluding carboxylic acids is 2. The van der Waals surface area contributed by atoms with Crippen molar-refractivity contribution in [1.29, 1.82) is 0 Å². The van der Waals surface area contributed by atoms with Gasteiger partial charge in [0.1, 0.15) is 17.2 Å². The molecular weight excluding hydrogens is 551 g/mol. The minimum atomic E-state index is -1.56. The van der Waals surface area contributed by atoms with Crippen molar-refractivity contribution in [2.75, 3.05) is 12.4 Å². The maximum atomic E-state index is 13.0. The number of fused-ring (bicyclic) bond motifs is 1. The van der Waals surface area contributed by atoms with Gasteiger partial charge >= 0.3 is 13.1 Å². The van der Waals surface area contributed by atoms with E-state index >= 15 is 0 Å². The molecule has 1 aliphatic rings. The van der Waals surface area contributed by atoms with E-state index in [4.69, 9.17) is 25.9 Å². The quantitative estimate of drug-likeness (QED) is 0.142. The fraction of sp³-hybridized carbons (Fsp3) is 0.179. The number of nitrogens with zero attached hydrogens (tertiary/aromatic N) is 1. The van der Waals surface area contributed by atoms with Crippen LogP contribution in [0.5, 0.6) is 17.2 Å². The number of carbonyl (C=O) groups is 2. The Kier molecular flexibility index (Phi) is 8.55. The lowest BCUT2D eigenvalue weighted by molar-refractivity contribution is 0.0231. The first-order valence-electron chi connectivity index (χ1n) is 12.7. The van der Waals surface area contributed by atoms with Gasteiger partial charge in [-0.05, 0) is 48.1 Å². The van der Waals surface area contributed by atoms with E-state index in [2.05, 4.69) is 21.1 Å². The molecule has 1 aliphatic carbocycles. The molecule has 0 aliphatic heterocycles. The van der Waals surface area contributed by atoms with Gasteiger partial charge in [-0.15, -0.1) is 0 Å². The van der Waals surface area contributed by atoms with Crippen LogP contribution in [-0.2, 0) is 11.4 Å². The van der Waals surface area contributed by atoms with Crippen LogP contribution < -0.4 is 31.1 Å². The summed E-state index contributed by atoms with van der Waals surface area (Å²) in [6.07, 6.45) is 3.52. The van der Waals surface area contributed by atoms with E-state index < -0.39 is 13.0 Å². The third kappa shape index (κ3) is 7.05. The monoisotopic (exact) mass is 576 g/mol. The average Bonchev–Trinajstić information content (AvgIpc) is 3.78. The number of amides is 3. The zero-order chi connectivity index (χ0) is 28.9. The molecule has 3 amide bonds. The molecule has 5 N–H and O–H groups in total. The molecule has 1 aromatic heterocycles. The van der Waals surface area contributed by atoms with Crippen molar-refractivity contribution in [3.8, 4) is 17.2 Å². The van der Waals surface area contributed by atoms with Crippen LogP contribution in [-0.4, -0.2) is 47.2 Å². The second-order valence-electron chi connectivity index (χ2n) is 9.33. The Morgan fingerprint density at radius 3 is 2.51 bits per heavy atom. The molecule has 0 spiro atoms. The summed E-state index contributed by atoms with van der Waals surface area (Å²) in [5.41, 5.74) is 4.63. The van der Waals surface area contributed by atoms with Gasteiger partial charge in [-0.2, -0.15) is 0 Å². The van der Waals surface area contributed by atoms with Crippen LogP contribution >= 0.6 is 11.6 Å². The number of nitrogens with one attached hydrogen (secondary N) is 3. The van der Waals surface area contributed by atoms with Crippen LogP contribution in [0, 0.1) is 0 Å². The number of benzene rings is 3. The number of hydrogen-bond donors (Lipinski definition) is 5. The Labute approximate surface area is 240 Å². The highest BCUT2D eigenvalue weighted by atomic mass is 35.5. The molecule has 210 valence electrons. The van der Waals surface area contributed by atoms with Gasteiger partial charge in [0.25, 0.3) is 5.91 Å². The van der Waals surface area contributed by atoms with E-state index in [-0.39, 0.29) is 30.0 Å². The molecule has 1 saturated carbocycles. The molecule has 41 heavy (non-hydrogen) atoms. The van der Waals surface area contributed by atoms with Crippen LogP contribution in [0.1, 0.15) is 28.8 Å². The van der Waals surface area contributed by atoms with Gasteiger partial charge < -0.3 is 30.2 Å². The third-order valence-corrected chi connectivity index (χ3v) is 6.59. The van der Waals surface area contributed by atoms with Gasteiger partial charge in [0.2, 0.25) is 0 Å². The van der Waals surface area contributed by atoms with Gasteiger partial charge in [0, 0.05) is 29.8 Å². The summed E-state index contributed by atoms with van der Waals surface area (Å²) in [7, 11) is -0.120. The highest BCUT2D eigenvalue weighted by Crippen LogP contribution is 2.35. The topological polar surface area (TPSA) is 151 Å². The normalized spacial score (nSPS) is 12.5. The predicted octanol–water partition coefficient (Wildman–Crippen LogP) is 3.51. The SMILES string of the molecule is COc1cc2nccc(Oc3ccc(NC(=O)NC4CC4)c(Cl)c3)c2cc1C(=O)NOCc1ccc(B(O)O)cc1. The number of aromatic nitrogens is 1. The van der Waals surface area contributed by atoms with Gasteiger partial charge in [0.05, 0.1) is 35.5 Å². The largest absolute Gasteiger partial charge is 0.496 e. The minimum absolute atomic E-state index is 0.0488. The van der Waals surface area contributed by atoms with E-state index in [1.54, 1.807) is 66.9 Å². The molecule has 0 atom stereocenters. The van der Waals surface area contributed by atoms with Crippen molar-refractivity contribution in [2.24, 2.45) is 0 Å². The van der Waals surface area contributed by atoms with Gasteiger partial charge in [-0.25, -0.2) is 10.3 Å². The summed E-state index contributed by atoms with van der Waals surface area (Å²) < 4.78 is 11.5. The first-order chi connectivity index (χ1) is 19.8. The Hall–Kier alpha value is -4.36. The zero-order valence-corrected chi connectivity index (χ0v) is 22.6. The molecule has 1 heterocycles. The van der Waals surface area contributed by atoms with Crippen molar-refractivity contribution >= 4 is 52.7 Å². The first kappa shape index (κ1) is 28.2. The van der Waals surface area contributed by atoms with Crippen LogP contribution in [0.15, 0.2) is 66.9 Å². The molecule has 0 radical (unpaired) electrons. The van der Waals surface area contributed by atoms with Crippen LogP contribution in [0.25, 0.3) is 10.9 Å². The van der Waals surface area contributed by atoms with Gasteiger partial charge in [0.15, 0.2) is 0 Å². The third-order valence-electron chi connectivity index (χ3n) is 6.28. The van der Waals surface area contributed by atoms with E-state index in [1.165, 1.54) is 7.11 Å². The Morgan fingerprint density at radius 2 is 1.83 bits per heavy atom. The molecule has 5 rings (SSSR count). The number of pyridine rings is 1. The average molecular weight is 577 g/mol. The fourth-order valence-electron chi connectivity index (χ4n) is 3.97. The number of urea groups is 1. The van der Waals surface area contributed by atoms with Crippen molar-refractivity contribution in [3.05, 3.63) is 83.0 Å². The molecule has 3 aromatic carbocycles.